The number of halogens is 1. The molecule has 1 N–H and O–H groups in total. The van der Waals surface area contributed by atoms with Gasteiger partial charge in [-0.2, -0.15) is 0 Å². The molecular formula is C11H7ClN2O3. The number of aromatic nitrogens is 2. The van der Waals surface area contributed by atoms with Gasteiger partial charge in [-0.25, -0.2) is 9.78 Å². The summed E-state index contributed by atoms with van der Waals surface area (Å²) in [5, 5.41) is 9.04. The Morgan fingerprint density at radius 3 is 2.82 bits per heavy atom. The van der Waals surface area contributed by atoms with Crippen LogP contribution in [0.5, 0.6) is 11.6 Å². The average Bonchev–Trinajstić information content (AvgIpc) is 2.32. The molecule has 0 spiro atoms. The quantitative estimate of drug-likeness (QED) is 0.907. The zero-order valence-corrected chi connectivity index (χ0v) is 9.26. The van der Waals surface area contributed by atoms with Crippen molar-refractivity contribution < 1.29 is 14.6 Å². The third kappa shape index (κ3) is 2.70. The van der Waals surface area contributed by atoms with Crippen LogP contribution in [0.25, 0.3) is 0 Å². The van der Waals surface area contributed by atoms with Gasteiger partial charge in [-0.05, 0) is 18.2 Å². The van der Waals surface area contributed by atoms with E-state index in [-0.39, 0.29) is 16.5 Å². The number of ether oxygens (including phenoxy) is 1. The smallest absolute Gasteiger partial charge is 0.337 e. The summed E-state index contributed by atoms with van der Waals surface area (Å²) in [6, 6.07) is 4.35. The van der Waals surface area contributed by atoms with E-state index < -0.39 is 5.97 Å². The molecule has 0 saturated heterocycles. The van der Waals surface area contributed by atoms with E-state index in [1.165, 1.54) is 30.7 Å². The van der Waals surface area contributed by atoms with Crippen molar-refractivity contribution in [2.45, 2.75) is 0 Å². The molecule has 0 bridgehead atoms. The topological polar surface area (TPSA) is 72.3 Å². The summed E-state index contributed by atoms with van der Waals surface area (Å²) in [6.07, 6.45) is 4.41. The highest BCUT2D eigenvalue weighted by Crippen LogP contribution is 2.24. The molecule has 0 fully saturated rings. The van der Waals surface area contributed by atoms with E-state index in [4.69, 9.17) is 21.4 Å². The number of hydrogen-bond donors (Lipinski definition) is 1. The van der Waals surface area contributed by atoms with Crippen molar-refractivity contribution in [1.29, 1.82) is 0 Å². The summed E-state index contributed by atoms with van der Waals surface area (Å²) in [5.41, 5.74) is -0.0203. The number of nitrogens with zero attached hydrogens (tertiary/aromatic N) is 2. The maximum atomic E-state index is 10.9. The Balaban J connectivity index is 2.29. The van der Waals surface area contributed by atoms with Crippen LogP contribution in [0.3, 0.4) is 0 Å². The fraction of sp³-hybridized carbons (Fsp3) is 0. The van der Waals surface area contributed by atoms with Crippen LogP contribution in [0.1, 0.15) is 10.4 Å². The lowest BCUT2D eigenvalue weighted by Gasteiger charge is -2.05. The number of rotatable bonds is 3. The van der Waals surface area contributed by atoms with Crippen LogP contribution >= 0.6 is 11.6 Å². The molecule has 2 rings (SSSR count). The zero-order chi connectivity index (χ0) is 12.3. The van der Waals surface area contributed by atoms with Crippen molar-refractivity contribution in [3.8, 4) is 11.6 Å². The van der Waals surface area contributed by atoms with Crippen LogP contribution in [0.2, 0.25) is 5.02 Å². The third-order valence-electron chi connectivity index (χ3n) is 1.93. The minimum Gasteiger partial charge on any atom is -0.478 e. The van der Waals surface area contributed by atoms with Gasteiger partial charge in [0.05, 0.1) is 16.8 Å². The molecule has 0 unspecified atom stereocenters. The van der Waals surface area contributed by atoms with Gasteiger partial charge in [0.25, 0.3) is 0 Å². The lowest BCUT2D eigenvalue weighted by molar-refractivity contribution is 0.0696. The second-order valence-corrected chi connectivity index (χ2v) is 3.50. The van der Waals surface area contributed by atoms with Gasteiger partial charge in [0.15, 0.2) is 0 Å². The summed E-state index contributed by atoms with van der Waals surface area (Å²) >= 11 is 5.73. The normalized spacial score (nSPS) is 9.94. The number of carboxylic acid groups (broad SMARTS) is 1. The standard InChI is InChI=1S/C11H7ClN2O3/c12-9-2-1-7(5-8(9)11(15)16)17-10-6-13-3-4-14-10/h1-6H,(H,15,16). The second-order valence-electron chi connectivity index (χ2n) is 3.09. The SMILES string of the molecule is O=C(O)c1cc(Oc2cnccn2)ccc1Cl. The molecule has 17 heavy (non-hydrogen) atoms. The molecule has 86 valence electrons. The lowest BCUT2D eigenvalue weighted by Crippen LogP contribution is -1.98. The van der Waals surface area contributed by atoms with Gasteiger partial charge in [0.2, 0.25) is 5.88 Å². The molecule has 0 aliphatic rings. The summed E-state index contributed by atoms with van der Waals surface area (Å²) < 4.78 is 5.33. The Hall–Kier alpha value is -2.14. The van der Waals surface area contributed by atoms with Crippen LogP contribution in [0, 0.1) is 0 Å². The van der Waals surface area contributed by atoms with Crippen molar-refractivity contribution in [1.82, 2.24) is 9.97 Å². The van der Waals surface area contributed by atoms with E-state index in [2.05, 4.69) is 9.97 Å². The third-order valence-corrected chi connectivity index (χ3v) is 2.26. The fourth-order valence-corrected chi connectivity index (χ4v) is 1.39. The molecule has 1 heterocycles. The minimum atomic E-state index is -1.11. The van der Waals surface area contributed by atoms with Gasteiger partial charge in [-0.3, -0.25) is 4.98 Å². The predicted molar refractivity (Wildman–Crippen MR) is 60.5 cm³/mol. The molecule has 0 amide bonds. The molecule has 0 aliphatic carbocycles. The molecule has 6 heteroatoms. The van der Waals surface area contributed by atoms with E-state index in [9.17, 15) is 4.79 Å². The Labute approximate surface area is 102 Å². The Kier molecular flexibility index (Phi) is 3.20. The van der Waals surface area contributed by atoms with Crippen molar-refractivity contribution in [3.63, 3.8) is 0 Å². The molecule has 0 radical (unpaired) electrons. The van der Waals surface area contributed by atoms with E-state index >= 15 is 0 Å². The Morgan fingerprint density at radius 1 is 1.35 bits per heavy atom. The first-order valence-corrected chi connectivity index (χ1v) is 5.01. The molecule has 1 aromatic heterocycles. The number of hydrogen-bond acceptors (Lipinski definition) is 4. The largest absolute Gasteiger partial charge is 0.478 e. The van der Waals surface area contributed by atoms with Crippen LogP contribution in [0.4, 0.5) is 0 Å². The van der Waals surface area contributed by atoms with Crippen molar-refractivity contribution in [2.75, 3.05) is 0 Å². The van der Waals surface area contributed by atoms with Gasteiger partial charge >= 0.3 is 5.97 Å². The van der Waals surface area contributed by atoms with Crippen LogP contribution < -0.4 is 4.74 Å². The number of carboxylic acids is 1. The summed E-state index contributed by atoms with van der Waals surface area (Å²) in [4.78, 5) is 18.6. The van der Waals surface area contributed by atoms with Gasteiger partial charge < -0.3 is 9.84 Å². The van der Waals surface area contributed by atoms with Crippen LogP contribution in [-0.4, -0.2) is 21.0 Å². The highest BCUT2D eigenvalue weighted by atomic mass is 35.5. The Morgan fingerprint density at radius 2 is 2.18 bits per heavy atom. The van der Waals surface area contributed by atoms with Crippen molar-refractivity contribution in [3.05, 3.63) is 47.4 Å². The number of aromatic carboxylic acids is 1. The van der Waals surface area contributed by atoms with Crippen LogP contribution in [0.15, 0.2) is 36.8 Å². The predicted octanol–water partition coefficient (Wildman–Crippen LogP) is 2.62. The van der Waals surface area contributed by atoms with E-state index in [1.807, 2.05) is 0 Å². The summed E-state index contributed by atoms with van der Waals surface area (Å²) in [5.74, 6) is -0.488. The van der Waals surface area contributed by atoms with Gasteiger partial charge in [0, 0.05) is 12.4 Å². The average molecular weight is 251 g/mol. The number of carbonyl (C=O) groups is 1. The molecule has 1 aromatic carbocycles. The maximum Gasteiger partial charge on any atom is 0.337 e. The van der Waals surface area contributed by atoms with Gasteiger partial charge in [-0.1, -0.05) is 11.6 Å². The molecule has 0 atom stereocenters. The monoisotopic (exact) mass is 250 g/mol. The number of benzene rings is 1. The van der Waals surface area contributed by atoms with Crippen LogP contribution in [-0.2, 0) is 0 Å². The molecular weight excluding hydrogens is 244 g/mol. The highest BCUT2D eigenvalue weighted by Gasteiger charge is 2.10. The highest BCUT2D eigenvalue weighted by molar-refractivity contribution is 6.33. The molecule has 2 aromatic rings. The lowest BCUT2D eigenvalue weighted by atomic mass is 10.2. The van der Waals surface area contributed by atoms with E-state index in [0.717, 1.165) is 0 Å². The maximum absolute atomic E-state index is 10.9. The van der Waals surface area contributed by atoms with Gasteiger partial charge in [0.1, 0.15) is 5.75 Å². The van der Waals surface area contributed by atoms with Gasteiger partial charge in [-0.15, -0.1) is 0 Å². The summed E-state index contributed by atoms with van der Waals surface area (Å²) in [6.45, 7) is 0. The minimum absolute atomic E-state index is 0.0203. The molecule has 5 nitrogen and oxygen atoms in total. The van der Waals surface area contributed by atoms with E-state index in [0.29, 0.717) is 5.75 Å². The first-order valence-electron chi connectivity index (χ1n) is 4.63. The summed E-state index contributed by atoms with van der Waals surface area (Å²) in [7, 11) is 0. The van der Waals surface area contributed by atoms with E-state index in [1.54, 1.807) is 6.07 Å². The second kappa shape index (κ2) is 4.80. The molecule has 0 aliphatic heterocycles. The Bertz CT molecular complexity index is 546. The van der Waals surface area contributed by atoms with Crippen molar-refractivity contribution >= 4 is 17.6 Å². The van der Waals surface area contributed by atoms with Crippen molar-refractivity contribution in [2.24, 2.45) is 0 Å². The fourth-order valence-electron chi connectivity index (χ4n) is 1.19. The molecule has 0 saturated carbocycles. The zero-order valence-electron chi connectivity index (χ0n) is 8.50. The first-order chi connectivity index (χ1) is 8.16. The first kappa shape index (κ1) is 11.3.